The number of hydrogen-bond acceptors (Lipinski definition) is 5. The molecule has 0 aliphatic rings. The van der Waals surface area contributed by atoms with Crippen molar-refractivity contribution in [1.29, 1.82) is 5.41 Å². The molecule has 0 aromatic carbocycles. The van der Waals surface area contributed by atoms with Crippen molar-refractivity contribution < 1.29 is 0 Å². The average Bonchev–Trinajstić information content (AvgIpc) is 2.52. The second-order valence-electron chi connectivity index (χ2n) is 3.17. The molecule has 2 aromatic rings. The molecule has 5 nitrogen and oxygen atoms in total. The van der Waals surface area contributed by atoms with Crippen LogP contribution in [-0.2, 0) is 6.54 Å². The van der Waals surface area contributed by atoms with E-state index < -0.39 is 0 Å². The molecule has 2 aromatic heterocycles. The molecule has 2 rings (SSSR count). The molecular weight excluding hydrogens is 230 g/mol. The minimum absolute atomic E-state index is 0.256. The van der Waals surface area contributed by atoms with E-state index in [1.165, 1.54) is 22.3 Å². The van der Waals surface area contributed by atoms with Crippen molar-refractivity contribution in [1.82, 2.24) is 14.2 Å². The molecule has 0 radical (unpaired) electrons. The quantitative estimate of drug-likeness (QED) is 0.613. The topological polar surface area (TPSA) is 72.6 Å². The van der Waals surface area contributed by atoms with Gasteiger partial charge in [-0.2, -0.15) is 0 Å². The normalized spacial score (nSPS) is 11.0. The first-order valence-electron chi connectivity index (χ1n) is 4.55. The zero-order chi connectivity index (χ0) is 11.0. The molecule has 0 amide bonds. The summed E-state index contributed by atoms with van der Waals surface area (Å²) in [6, 6.07) is 0. The first kappa shape index (κ1) is 10.3. The monoisotopic (exact) mass is 241 g/mol. The molecule has 0 atom stereocenters. The van der Waals surface area contributed by atoms with Crippen LogP contribution in [-0.4, -0.2) is 14.2 Å². The number of nitrogens with two attached hydrogens (primary N) is 1. The van der Waals surface area contributed by atoms with E-state index in [0.717, 1.165) is 27.3 Å². The highest BCUT2D eigenvalue weighted by Crippen LogP contribution is 2.17. The molecule has 3 N–H and O–H groups in total. The zero-order valence-corrected chi connectivity index (χ0v) is 9.86. The number of nitrogens with one attached hydrogen (secondary N) is 1. The minimum atomic E-state index is 0.256. The lowest BCUT2D eigenvalue weighted by molar-refractivity contribution is 0.691. The van der Waals surface area contributed by atoms with Crippen molar-refractivity contribution in [2.45, 2.75) is 19.9 Å². The molecule has 0 fully saturated rings. The van der Waals surface area contributed by atoms with Gasteiger partial charge in [0.15, 0.2) is 15.1 Å². The number of thiazole rings is 1. The Bertz CT molecular complexity index is 606. The summed E-state index contributed by atoms with van der Waals surface area (Å²) in [4.78, 5) is 4.21. The fourth-order valence-electron chi connectivity index (χ4n) is 1.39. The van der Waals surface area contributed by atoms with Gasteiger partial charge in [0.1, 0.15) is 11.0 Å². The Hall–Kier alpha value is -1.21. The Balaban J connectivity index is 2.85. The zero-order valence-electron chi connectivity index (χ0n) is 8.23. The van der Waals surface area contributed by atoms with E-state index in [1.54, 1.807) is 0 Å². The standard InChI is InChI=1S/C8H11N5S2/c1-2-3-12-7-5(15-8(12)14)6(9)13(10)4-11-7/h4,9H,2-3,10H2,1H3. The summed E-state index contributed by atoms with van der Waals surface area (Å²) in [7, 11) is 0. The summed E-state index contributed by atoms with van der Waals surface area (Å²) in [6.45, 7) is 2.92. The van der Waals surface area contributed by atoms with Crippen molar-refractivity contribution in [3.8, 4) is 0 Å². The van der Waals surface area contributed by atoms with Crippen molar-refractivity contribution in [3.05, 3.63) is 15.8 Å². The van der Waals surface area contributed by atoms with Gasteiger partial charge < -0.3 is 10.4 Å². The highest BCUT2D eigenvalue weighted by Gasteiger charge is 2.08. The number of aromatic nitrogens is 3. The predicted octanol–water partition coefficient (Wildman–Crippen LogP) is 1.23. The number of nitrogen functional groups attached to an aromatic ring is 1. The van der Waals surface area contributed by atoms with Gasteiger partial charge in [-0.3, -0.25) is 5.41 Å². The Morgan fingerprint density at radius 2 is 2.40 bits per heavy atom. The molecule has 7 heteroatoms. The van der Waals surface area contributed by atoms with Crippen LogP contribution in [0.15, 0.2) is 6.33 Å². The van der Waals surface area contributed by atoms with Gasteiger partial charge in [0.25, 0.3) is 0 Å². The molecule has 15 heavy (non-hydrogen) atoms. The van der Waals surface area contributed by atoms with Crippen molar-refractivity contribution in [3.63, 3.8) is 0 Å². The molecule has 0 bridgehead atoms. The lowest BCUT2D eigenvalue weighted by Gasteiger charge is -2.02. The lowest BCUT2D eigenvalue weighted by atomic mass is 10.4. The first-order chi connectivity index (χ1) is 7.15. The van der Waals surface area contributed by atoms with Crippen LogP contribution in [0.1, 0.15) is 13.3 Å². The van der Waals surface area contributed by atoms with Crippen LogP contribution in [0.5, 0.6) is 0 Å². The number of rotatable bonds is 2. The molecule has 0 saturated carbocycles. The summed E-state index contributed by atoms with van der Waals surface area (Å²) in [6.07, 6.45) is 2.44. The minimum Gasteiger partial charge on any atom is -0.336 e. The number of nitrogens with zero attached hydrogens (tertiary/aromatic N) is 3. The highest BCUT2D eigenvalue weighted by molar-refractivity contribution is 7.73. The van der Waals surface area contributed by atoms with Crippen LogP contribution in [0.2, 0.25) is 0 Å². The SMILES string of the molecule is CCCn1c(=S)sc2c(=N)n(N)cnc21. The lowest BCUT2D eigenvalue weighted by Crippen LogP contribution is -2.27. The molecule has 0 unspecified atom stereocenters. The summed E-state index contributed by atoms with van der Waals surface area (Å²) in [5.74, 6) is 5.55. The largest absolute Gasteiger partial charge is 0.336 e. The fraction of sp³-hybridized carbons (Fsp3) is 0.375. The average molecular weight is 241 g/mol. The maximum atomic E-state index is 7.78. The van der Waals surface area contributed by atoms with Crippen molar-refractivity contribution >= 4 is 33.9 Å². The van der Waals surface area contributed by atoms with Crippen LogP contribution in [0.4, 0.5) is 0 Å². The van der Waals surface area contributed by atoms with Crippen LogP contribution in [0.3, 0.4) is 0 Å². The van der Waals surface area contributed by atoms with Gasteiger partial charge in [-0.1, -0.05) is 18.3 Å². The fourth-order valence-corrected chi connectivity index (χ4v) is 2.74. The van der Waals surface area contributed by atoms with Gasteiger partial charge in [0.05, 0.1) is 0 Å². The van der Waals surface area contributed by atoms with E-state index in [9.17, 15) is 0 Å². The van der Waals surface area contributed by atoms with E-state index in [0.29, 0.717) is 0 Å². The van der Waals surface area contributed by atoms with E-state index >= 15 is 0 Å². The summed E-state index contributed by atoms with van der Waals surface area (Å²) < 4.78 is 4.65. The predicted molar refractivity (Wildman–Crippen MR) is 62.7 cm³/mol. The highest BCUT2D eigenvalue weighted by atomic mass is 32.1. The summed E-state index contributed by atoms with van der Waals surface area (Å²) in [5.41, 5.74) is 1.02. The summed E-state index contributed by atoms with van der Waals surface area (Å²) in [5, 5.41) is 7.78. The Morgan fingerprint density at radius 3 is 3.07 bits per heavy atom. The molecule has 0 aliphatic heterocycles. The third kappa shape index (κ3) is 1.57. The number of aryl methyl sites for hydroxylation is 1. The molecule has 80 valence electrons. The molecule has 0 spiro atoms. The third-order valence-corrected chi connectivity index (χ3v) is 3.54. The van der Waals surface area contributed by atoms with E-state index in [-0.39, 0.29) is 5.49 Å². The molecular formula is C8H11N5S2. The third-order valence-electron chi connectivity index (χ3n) is 2.09. The molecule has 0 saturated heterocycles. The van der Waals surface area contributed by atoms with Crippen LogP contribution in [0.25, 0.3) is 10.3 Å². The maximum Gasteiger partial charge on any atom is 0.166 e. The van der Waals surface area contributed by atoms with Crippen molar-refractivity contribution in [2.75, 3.05) is 5.84 Å². The van der Waals surface area contributed by atoms with Crippen LogP contribution >= 0.6 is 23.6 Å². The van der Waals surface area contributed by atoms with Gasteiger partial charge >= 0.3 is 0 Å². The Labute approximate surface area is 95.3 Å². The van der Waals surface area contributed by atoms with Gasteiger partial charge in [-0.25, -0.2) is 9.66 Å². The van der Waals surface area contributed by atoms with Gasteiger partial charge in [0.2, 0.25) is 0 Å². The van der Waals surface area contributed by atoms with Gasteiger partial charge in [-0.05, 0) is 18.6 Å². The maximum absolute atomic E-state index is 7.78. The second kappa shape index (κ2) is 3.74. The molecule has 2 heterocycles. The smallest absolute Gasteiger partial charge is 0.166 e. The number of hydrogen-bond donors (Lipinski definition) is 2. The van der Waals surface area contributed by atoms with E-state index in [4.69, 9.17) is 23.5 Å². The second-order valence-corrected chi connectivity index (χ2v) is 4.82. The van der Waals surface area contributed by atoms with E-state index in [1.807, 2.05) is 4.57 Å². The Kier molecular flexibility index (Phi) is 2.57. The van der Waals surface area contributed by atoms with Gasteiger partial charge in [-0.15, -0.1) is 0 Å². The Morgan fingerprint density at radius 1 is 1.67 bits per heavy atom. The van der Waals surface area contributed by atoms with Crippen LogP contribution < -0.4 is 11.3 Å². The van der Waals surface area contributed by atoms with E-state index in [2.05, 4.69) is 11.9 Å². The number of fused-ring (bicyclic) bond motifs is 1. The first-order valence-corrected chi connectivity index (χ1v) is 5.78. The molecule has 0 aliphatic carbocycles. The van der Waals surface area contributed by atoms with Crippen molar-refractivity contribution in [2.24, 2.45) is 0 Å². The van der Waals surface area contributed by atoms with Crippen LogP contribution in [0, 0.1) is 9.36 Å². The van der Waals surface area contributed by atoms with Gasteiger partial charge in [0, 0.05) is 6.54 Å². The summed E-state index contributed by atoms with van der Waals surface area (Å²) >= 11 is 6.62.